The molecule has 0 bridgehead atoms. The van der Waals surface area contributed by atoms with Crippen LogP contribution in [-0.4, -0.2) is 21.1 Å². The second-order valence-electron chi connectivity index (χ2n) is 12.0. The summed E-state index contributed by atoms with van der Waals surface area (Å²) in [6.07, 6.45) is 2.10. The fraction of sp³-hybridized carbons (Fsp3) is 0.0789. The molecule has 0 amide bonds. The molecular formula is C38H33NSi2. The summed E-state index contributed by atoms with van der Waals surface area (Å²) >= 11 is 0. The van der Waals surface area contributed by atoms with Crippen LogP contribution in [0.2, 0.25) is 19.6 Å². The molecule has 0 spiro atoms. The van der Waals surface area contributed by atoms with Gasteiger partial charge in [-0.2, -0.15) is 0 Å². The minimum atomic E-state index is -2.46. The van der Waals surface area contributed by atoms with Crippen molar-refractivity contribution in [3.8, 4) is 33.5 Å². The van der Waals surface area contributed by atoms with Crippen LogP contribution in [0.5, 0.6) is 0 Å². The summed E-state index contributed by atoms with van der Waals surface area (Å²) in [5.41, 5.74) is 7.45. The minimum absolute atomic E-state index is 1.06. The lowest BCUT2D eigenvalue weighted by atomic mass is 10.0. The van der Waals surface area contributed by atoms with Crippen molar-refractivity contribution in [3.05, 3.63) is 146 Å². The number of hydrogen-bond acceptors (Lipinski definition) is 1. The lowest BCUT2D eigenvalue weighted by Crippen LogP contribution is -2.72. The highest BCUT2D eigenvalue weighted by molar-refractivity contribution is 7.22. The first-order chi connectivity index (χ1) is 20.0. The van der Waals surface area contributed by atoms with E-state index in [1.807, 2.05) is 0 Å². The van der Waals surface area contributed by atoms with Gasteiger partial charge in [0.1, 0.15) is 0 Å². The molecule has 0 aliphatic carbocycles. The van der Waals surface area contributed by atoms with E-state index in [2.05, 4.69) is 165 Å². The zero-order chi connectivity index (χ0) is 28.0. The Balaban J connectivity index is 1.46. The molecule has 1 nitrogen and oxygen atoms in total. The number of pyridine rings is 1. The summed E-state index contributed by atoms with van der Waals surface area (Å²) in [4.78, 5) is 5.07. The largest absolute Gasteiger partial charge is 0.256 e. The van der Waals surface area contributed by atoms with Gasteiger partial charge < -0.3 is 0 Å². The molecule has 1 aliphatic rings. The maximum Gasteiger partial charge on any atom is 0.180 e. The van der Waals surface area contributed by atoms with Crippen molar-refractivity contribution in [2.45, 2.75) is 19.6 Å². The first-order valence-electron chi connectivity index (χ1n) is 14.4. The van der Waals surface area contributed by atoms with E-state index in [4.69, 9.17) is 4.98 Å². The van der Waals surface area contributed by atoms with Crippen molar-refractivity contribution in [2.24, 2.45) is 0 Å². The van der Waals surface area contributed by atoms with E-state index in [0.29, 0.717) is 0 Å². The zero-order valence-corrected chi connectivity index (χ0v) is 25.8. The number of rotatable bonds is 5. The lowest BCUT2D eigenvalue weighted by Gasteiger charge is -2.31. The van der Waals surface area contributed by atoms with E-state index in [-0.39, 0.29) is 0 Å². The third kappa shape index (κ3) is 4.16. The molecule has 5 aromatic carbocycles. The molecule has 6 aromatic rings. The average Bonchev–Trinajstić information content (AvgIpc) is 3.32. The van der Waals surface area contributed by atoms with Gasteiger partial charge in [0.15, 0.2) is 8.07 Å². The van der Waals surface area contributed by atoms with Gasteiger partial charge in [-0.15, -0.1) is 0 Å². The molecule has 0 atom stereocenters. The third-order valence-electron chi connectivity index (χ3n) is 8.55. The molecule has 0 saturated heterocycles. The molecule has 1 aliphatic heterocycles. The highest BCUT2D eigenvalue weighted by Gasteiger charge is 2.48. The van der Waals surface area contributed by atoms with Crippen molar-refractivity contribution in [1.29, 1.82) is 0 Å². The molecule has 0 fully saturated rings. The van der Waals surface area contributed by atoms with Crippen molar-refractivity contribution in [3.63, 3.8) is 0 Å². The van der Waals surface area contributed by atoms with Gasteiger partial charge in [-0.05, 0) is 60.3 Å². The van der Waals surface area contributed by atoms with Gasteiger partial charge in [0.05, 0.1) is 13.8 Å². The van der Waals surface area contributed by atoms with E-state index < -0.39 is 16.1 Å². The minimum Gasteiger partial charge on any atom is -0.256 e. The molecule has 0 N–H and O–H groups in total. The summed E-state index contributed by atoms with van der Waals surface area (Å²) in [6.45, 7) is 7.28. The summed E-state index contributed by atoms with van der Waals surface area (Å²) in [7, 11) is -4.10. The van der Waals surface area contributed by atoms with E-state index >= 15 is 0 Å². The van der Waals surface area contributed by atoms with Crippen LogP contribution < -0.4 is 25.9 Å². The van der Waals surface area contributed by atoms with Crippen LogP contribution in [0.25, 0.3) is 33.5 Å². The van der Waals surface area contributed by atoms with E-state index in [1.165, 1.54) is 53.8 Å². The molecule has 2 heterocycles. The molecule has 41 heavy (non-hydrogen) atoms. The Bertz CT molecular complexity index is 1820. The second kappa shape index (κ2) is 9.95. The smallest absolute Gasteiger partial charge is 0.180 e. The van der Waals surface area contributed by atoms with Crippen LogP contribution in [0, 0.1) is 0 Å². The first kappa shape index (κ1) is 25.6. The maximum atomic E-state index is 5.07. The average molecular weight is 560 g/mol. The fourth-order valence-electron chi connectivity index (χ4n) is 6.69. The Hall–Kier alpha value is -4.32. The van der Waals surface area contributed by atoms with Crippen LogP contribution >= 0.6 is 0 Å². The Labute approximate surface area is 245 Å². The lowest BCUT2D eigenvalue weighted by molar-refractivity contribution is 1.33. The van der Waals surface area contributed by atoms with Gasteiger partial charge in [0.2, 0.25) is 0 Å². The van der Waals surface area contributed by atoms with Crippen molar-refractivity contribution in [2.75, 3.05) is 0 Å². The third-order valence-corrected chi connectivity index (χ3v) is 15.5. The number of benzene rings is 5. The second-order valence-corrected chi connectivity index (χ2v) is 20.8. The van der Waals surface area contributed by atoms with Gasteiger partial charge in [-0.25, -0.2) is 0 Å². The summed E-state index contributed by atoms with van der Waals surface area (Å²) in [5.74, 6) is 0. The maximum absolute atomic E-state index is 5.07. The predicted octanol–water partition coefficient (Wildman–Crippen LogP) is 6.32. The van der Waals surface area contributed by atoms with Crippen molar-refractivity contribution >= 4 is 42.1 Å². The summed E-state index contributed by atoms with van der Waals surface area (Å²) in [5, 5.41) is 7.24. The SMILES string of the molecule is C[Si](C)(C)c1cc(-c2ccc3c(c2)-c2ccccc2[Si]3(c2ccccc2)c2ccccc2)ncc1-c1ccccc1. The molecule has 198 valence electrons. The van der Waals surface area contributed by atoms with Crippen LogP contribution in [0.3, 0.4) is 0 Å². The quantitative estimate of drug-likeness (QED) is 0.225. The molecule has 3 heteroatoms. The number of aromatic nitrogens is 1. The Kier molecular flexibility index (Phi) is 6.22. The molecule has 1 aromatic heterocycles. The van der Waals surface area contributed by atoms with Crippen LogP contribution in [0.1, 0.15) is 0 Å². The van der Waals surface area contributed by atoms with Gasteiger partial charge in [0, 0.05) is 11.8 Å². The van der Waals surface area contributed by atoms with E-state index in [1.54, 1.807) is 0 Å². The number of nitrogens with zero attached hydrogens (tertiary/aromatic N) is 1. The molecule has 0 saturated carbocycles. The highest BCUT2D eigenvalue weighted by Crippen LogP contribution is 2.32. The van der Waals surface area contributed by atoms with Crippen LogP contribution in [-0.2, 0) is 0 Å². The number of hydrogen-bond donors (Lipinski definition) is 0. The molecule has 0 unspecified atom stereocenters. The monoisotopic (exact) mass is 559 g/mol. The van der Waals surface area contributed by atoms with Crippen LogP contribution in [0.4, 0.5) is 0 Å². The zero-order valence-electron chi connectivity index (χ0n) is 23.8. The van der Waals surface area contributed by atoms with Crippen molar-refractivity contribution < 1.29 is 0 Å². The summed E-state index contributed by atoms with van der Waals surface area (Å²) < 4.78 is 0. The van der Waals surface area contributed by atoms with E-state index in [9.17, 15) is 0 Å². The standard InChI is InChI=1S/C38H33NSi2/c1-40(2,3)38-26-35(39-27-34(38)28-15-7-4-8-16-28)29-23-24-37-33(25-29)32-21-13-14-22-36(32)41(37,30-17-9-5-10-18-30)31-19-11-6-12-20-31/h4-27H,1-3H3. The Morgan fingerprint density at radius 3 is 1.68 bits per heavy atom. The predicted molar refractivity (Wildman–Crippen MR) is 181 cm³/mol. The molecule has 7 rings (SSSR count). The molecule has 0 radical (unpaired) electrons. The van der Waals surface area contributed by atoms with E-state index in [0.717, 1.165) is 5.69 Å². The summed E-state index contributed by atoms with van der Waals surface area (Å²) in [6, 6.07) is 51.7. The first-order valence-corrected chi connectivity index (χ1v) is 19.9. The highest BCUT2D eigenvalue weighted by atomic mass is 28.3. The topological polar surface area (TPSA) is 12.9 Å². The normalized spacial score (nSPS) is 13.4. The number of fused-ring (bicyclic) bond motifs is 3. The van der Waals surface area contributed by atoms with Gasteiger partial charge in [-0.1, -0.05) is 147 Å². The van der Waals surface area contributed by atoms with Gasteiger partial charge >= 0.3 is 0 Å². The fourth-order valence-corrected chi connectivity index (χ4v) is 13.4. The molecular weight excluding hydrogens is 527 g/mol. The van der Waals surface area contributed by atoms with Crippen molar-refractivity contribution in [1.82, 2.24) is 4.98 Å². The Morgan fingerprint density at radius 1 is 0.488 bits per heavy atom. The van der Waals surface area contributed by atoms with Gasteiger partial charge in [-0.3, -0.25) is 4.98 Å². The Morgan fingerprint density at radius 2 is 1.05 bits per heavy atom. The van der Waals surface area contributed by atoms with Gasteiger partial charge in [0.25, 0.3) is 0 Å². The van der Waals surface area contributed by atoms with Crippen LogP contribution in [0.15, 0.2) is 146 Å².